The standard InChI is InChI=1S/C23H16F3NO3S2/c1-2-29-17-8-6-16(7-9-17)27-21(28)20(32-22(27)31)13-18-10-11-19(30-18)14-4-3-5-15(12-14)23(24,25)26/h3-13H,2H2,1H3. The Labute approximate surface area is 191 Å². The van der Waals surface area contributed by atoms with Crippen LogP contribution in [0.2, 0.25) is 0 Å². The molecular weight excluding hydrogens is 459 g/mol. The average molecular weight is 476 g/mol. The molecule has 4 rings (SSSR count). The topological polar surface area (TPSA) is 42.7 Å². The summed E-state index contributed by atoms with van der Waals surface area (Å²) in [5.41, 5.74) is 0.147. The molecule has 2 aromatic carbocycles. The number of carbonyl (C=O) groups excluding carboxylic acids is 1. The zero-order chi connectivity index (χ0) is 22.9. The van der Waals surface area contributed by atoms with Crippen LogP contribution in [0.25, 0.3) is 17.4 Å². The number of anilines is 1. The van der Waals surface area contributed by atoms with Crippen LogP contribution in [0.4, 0.5) is 18.9 Å². The summed E-state index contributed by atoms with van der Waals surface area (Å²) in [5, 5.41) is 0. The average Bonchev–Trinajstić information content (AvgIpc) is 3.33. The predicted molar refractivity (Wildman–Crippen MR) is 122 cm³/mol. The molecule has 1 saturated heterocycles. The van der Waals surface area contributed by atoms with Crippen LogP contribution in [0.1, 0.15) is 18.2 Å². The summed E-state index contributed by atoms with van der Waals surface area (Å²) in [5.74, 6) is 0.991. The molecule has 4 nitrogen and oxygen atoms in total. The number of thiocarbonyl (C=S) groups is 1. The monoisotopic (exact) mass is 475 g/mol. The van der Waals surface area contributed by atoms with Gasteiger partial charge in [-0.3, -0.25) is 9.69 Å². The van der Waals surface area contributed by atoms with Crippen LogP contribution in [0.3, 0.4) is 0 Å². The molecule has 2 heterocycles. The summed E-state index contributed by atoms with van der Waals surface area (Å²) in [6.07, 6.45) is -2.91. The number of furan rings is 1. The minimum Gasteiger partial charge on any atom is -0.494 e. The molecule has 1 fully saturated rings. The van der Waals surface area contributed by atoms with E-state index in [0.29, 0.717) is 38.6 Å². The third-order valence-electron chi connectivity index (χ3n) is 4.57. The Bertz CT molecular complexity index is 1200. The molecule has 1 aromatic heterocycles. The van der Waals surface area contributed by atoms with E-state index in [1.165, 1.54) is 23.1 Å². The SMILES string of the molecule is CCOc1ccc(N2C(=O)C(=Cc3ccc(-c4cccc(C(F)(F)F)c4)o3)SC2=S)cc1. The normalized spacial score (nSPS) is 15.6. The number of alkyl halides is 3. The molecule has 0 bridgehead atoms. The van der Waals surface area contributed by atoms with Crippen LogP contribution in [0.5, 0.6) is 5.75 Å². The lowest BCUT2D eigenvalue weighted by Gasteiger charge is -2.15. The van der Waals surface area contributed by atoms with E-state index in [4.69, 9.17) is 21.4 Å². The van der Waals surface area contributed by atoms with Crippen LogP contribution in [0.15, 0.2) is 70.0 Å². The third-order valence-corrected chi connectivity index (χ3v) is 5.88. The Hall–Kier alpha value is -3.04. The second-order valence-electron chi connectivity index (χ2n) is 6.72. The highest BCUT2D eigenvalue weighted by Crippen LogP contribution is 2.37. The van der Waals surface area contributed by atoms with E-state index in [1.54, 1.807) is 36.4 Å². The largest absolute Gasteiger partial charge is 0.494 e. The second kappa shape index (κ2) is 8.84. The van der Waals surface area contributed by atoms with Crippen molar-refractivity contribution in [2.24, 2.45) is 0 Å². The van der Waals surface area contributed by atoms with Gasteiger partial charge in [-0.05, 0) is 55.5 Å². The second-order valence-corrected chi connectivity index (χ2v) is 8.40. The van der Waals surface area contributed by atoms with Crippen molar-refractivity contribution < 1.29 is 27.1 Å². The number of hydrogen-bond donors (Lipinski definition) is 0. The molecule has 1 amide bonds. The van der Waals surface area contributed by atoms with E-state index in [9.17, 15) is 18.0 Å². The maximum absolute atomic E-state index is 13.0. The summed E-state index contributed by atoms with van der Waals surface area (Å²) in [7, 11) is 0. The van der Waals surface area contributed by atoms with Crippen molar-refractivity contribution >= 4 is 46.0 Å². The molecule has 0 atom stereocenters. The number of thioether (sulfide) groups is 1. The minimum atomic E-state index is -4.44. The van der Waals surface area contributed by atoms with Gasteiger partial charge in [-0.2, -0.15) is 13.2 Å². The maximum Gasteiger partial charge on any atom is 0.416 e. The van der Waals surface area contributed by atoms with E-state index in [0.717, 1.165) is 23.9 Å². The van der Waals surface area contributed by atoms with Crippen LogP contribution in [-0.4, -0.2) is 16.8 Å². The Balaban J connectivity index is 1.56. The molecule has 0 unspecified atom stereocenters. The number of rotatable bonds is 5. The molecular formula is C23H16F3NO3S2. The number of carbonyl (C=O) groups is 1. The van der Waals surface area contributed by atoms with Gasteiger partial charge in [0, 0.05) is 11.6 Å². The summed E-state index contributed by atoms with van der Waals surface area (Å²) in [6, 6.07) is 15.0. The lowest BCUT2D eigenvalue weighted by atomic mass is 10.1. The van der Waals surface area contributed by atoms with E-state index in [-0.39, 0.29) is 11.7 Å². The Morgan fingerprint density at radius 3 is 2.56 bits per heavy atom. The lowest BCUT2D eigenvalue weighted by molar-refractivity contribution is -0.137. The summed E-state index contributed by atoms with van der Waals surface area (Å²) in [6.45, 7) is 2.42. The van der Waals surface area contributed by atoms with E-state index >= 15 is 0 Å². The van der Waals surface area contributed by atoms with Crippen molar-refractivity contribution in [1.29, 1.82) is 0 Å². The fraction of sp³-hybridized carbons (Fsp3) is 0.130. The van der Waals surface area contributed by atoms with Gasteiger partial charge in [0.2, 0.25) is 0 Å². The molecule has 1 aliphatic rings. The first-order valence-corrected chi connectivity index (χ1v) is 10.8. The Morgan fingerprint density at radius 2 is 1.88 bits per heavy atom. The number of hydrogen-bond acceptors (Lipinski definition) is 5. The van der Waals surface area contributed by atoms with Crippen molar-refractivity contribution in [2.45, 2.75) is 13.1 Å². The highest BCUT2D eigenvalue weighted by atomic mass is 32.2. The number of benzene rings is 2. The highest BCUT2D eigenvalue weighted by Gasteiger charge is 2.34. The molecule has 9 heteroatoms. The van der Waals surface area contributed by atoms with E-state index in [1.807, 2.05) is 6.92 Å². The van der Waals surface area contributed by atoms with Gasteiger partial charge in [-0.15, -0.1) is 0 Å². The number of ether oxygens (including phenoxy) is 1. The van der Waals surface area contributed by atoms with Gasteiger partial charge in [-0.1, -0.05) is 36.1 Å². The highest BCUT2D eigenvalue weighted by molar-refractivity contribution is 8.27. The molecule has 0 aliphatic carbocycles. The van der Waals surface area contributed by atoms with Crippen LogP contribution >= 0.6 is 24.0 Å². The van der Waals surface area contributed by atoms with Crippen LogP contribution in [-0.2, 0) is 11.0 Å². The smallest absolute Gasteiger partial charge is 0.416 e. The van der Waals surface area contributed by atoms with Gasteiger partial charge in [0.05, 0.1) is 22.8 Å². The summed E-state index contributed by atoms with van der Waals surface area (Å²) >= 11 is 6.49. The summed E-state index contributed by atoms with van der Waals surface area (Å²) < 4.78 is 50.4. The van der Waals surface area contributed by atoms with Gasteiger partial charge in [-0.25, -0.2) is 0 Å². The van der Waals surface area contributed by atoms with Crippen molar-refractivity contribution in [3.05, 3.63) is 76.9 Å². The molecule has 0 radical (unpaired) electrons. The number of amides is 1. The van der Waals surface area contributed by atoms with Crippen molar-refractivity contribution in [1.82, 2.24) is 0 Å². The van der Waals surface area contributed by atoms with E-state index < -0.39 is 11.7 Å². The van der Waals surface area contributed by atoms with Crippen LogP contribution < -0.4 is 9.64 Å². The molecule has 0 N–H and O–H groups in total. The molecule has 3 aromatic rings. The van der Waals surface area contributed by atoms with Gasteiger partial charge >= 0.3 is 6.18 Å². The zero-order valence-electron chi connectivity index (χ0n) is 16.7. The van der Waals surface area contributed by atoms with E-state index in [2.05, 4.69) is 0 Å². The third kappa shape index (κ3) is 4.58. The molecule has 32 heavy (non-hydrogen) atoms. The fourth-order valence-electron chi connectivity index (χ4n) is 3.11. The van der Waals surface area contributed by atoms with Gasteiger partial charge < -0.3 is 9.15 Å². The number of nitrogens with zero attached hydrogens (tertiary/aromatic N) is 1. The molecule has 0 saturated carbocycles. The Kier molecular flexibility index (Phi) is 6.12. The maximum atomic E-state index is 13.0. The zero-order valence-corrected chi connectivity index (χ0v) is 18.3. The van der Waals surface area contributed by atoms with Crippen LogP contribution in [0, 0.1) is 0 Å². The first-order valence-electron chi connectivity index (χ1n) is 9.54. The molecule has 1 aliphatic heterocycles. The quantitative estimate of drug-likeness (QED) is 0.301. The number of halogens is 3. The van der Waals surface area contributed by atoms with Gasteiger partial charge in [0.15, 0.2) is 4.32 Å². The lowest BCUT2D eigenvalue weighted by Crippen LogP contribution is -2.27. The first kappa shape index (κ1) is 22.2. The molecule has 164 valence electrons. The Morgan fingerprint density at radius 1 is 1.12 bits per heavy atom. The first-order chi connectivity index (χ1) is 15.3. The van der Waals surface area contributed by atoms with Gasteiger partial charge in [0.25, 0.3) is 5.91 Å². The summed E-state index contributed by atoms with van der Waals surface area (Å²) in [4.78, 5) is 14.7. The van der Waals surface area contributed by atoms with Crippen molar-refractivity contribution in [3.63, 3.8) is 0 Å². The fourth-order valence-corrected chi connectivity index (χ4v) is 4.39. The molecule has 0 spiro atoms. The predicted octanol–water partition coefficient (Wildman–Crippen LogP) is 6.77. The minimum absolute atomic E-state index is 0.268. The van der Waals surface area contributed by atoms with Crippen molar-refractivity contribution in [3.8, 4) is 17.1 Å². The van der Waals surface area contributed by atoms with Crippen molar-refractivity contribution in [2.75, 3.05) is 11.5 Å². The van der Waals surface area contributed by atoms with Gasteiger partial charge in [0.1, 0.15) is 17.3 Å².